The zero-order valence-electron chi connectivity index (χ0n) is 14.1. The molecule has 1 aromatic heterocycles. The Morgan fingerprint density at radius 3 is 2.46 bits per heavy atom. The highest BCUT2D eigenvalue weighted by molar-refractivity contribution is 5.92. The van der Waals surface area contributed by atoms with Gasteiger partial charge in [0, 0.05) is 25.2 Å². The number of aromatic nitrogens is 2. The molecule has 0 saturated carbocycles. The molecule has 1 saturated heterocycles. The Kier molecular flexibility index (Phi) is 5.40. The van der Waals surface area contributed by atoms with Crippen LogP contribution in [-0.4, -0.2) is 46.0 Å². The first-order valence-corrected chi connectivity index (χ1v) is 8.40. The van der Waals surface area contributed by atoms with Crippen LogP contribution in [0.2, 0.25) is 0 Å². The molecule has 1 aliphatic rings. The topological polar surface area (TPSA) is 95.2 Å². The molecule has 0 aliphatic carbocycles. The van der Waals surface area contributed by atoms with Gasteiger partial charge in [-0.1, -0.05) is 12.1 Å². The molecule has 7 nitrogen and oxygen atoms in total. The van der Waals surface area contributed by atoms with Gasteiger partial charge in [-0.2, -0.15) is 5.10 Å². The number of carbonyl (C=O) groups excluding carboxylic acids is 2. The van der Waals surface area contributed by atoms with Gasteiger partial charge in [-0.3, -0.25) is 14.4 Å². The molecule has 2 amide bonds. The minimum Gasteiger partial charge on any atom is -0.353 e. The van der Waals surface area contributed by atoms with Crippen molar-refractivity contribution in [3.8, 4) is 0 Å². The number of piperidine rings is 1. The summed E-state index contributed by atoms with van der Waals surface area (Å²) >= 11 is 0. The maximum absolute atomic E-state index is 12.9. The van der Waals surface area contributed by atoms with E-state index in [2.05, 4.69) is 15.5 Å². The monoisotopic (exact) mass is 358 g/mol. The number of H-pyrrole nitrogens is 1. The molecule has 26 heavy (non-hydrogen) atoms. The van der Waals surface area contributed by atoms with Crippen LogP contribution in [0, 0.1) is 5.82 Å². The summed E-state index contributed by atoms with van der Waals surface area (Å²) in [7, 11) is 0. The van der Waals surface area contributed by atoms with Gasteiger partial charge < -0.3 is 10.2 Å². The van der Waals surface area contributed by atoms with Crippen LogP contribution in [0.3, 0.4) is 0 Å². The van der Waals surface area contributed by atoms with Crippen molar-refractivity contribution in [2.45, 2.75) is 25.3 Å². The van der Waals surface area contributed by atoms with E-state index in [0.717, 1.165) is 5.56 Å². The van der Waals surface area contributed by atoms with Crippen LogP contribution in [-0.2, 0) is 11.2 Å². The lowest BCUT2D eigenvalue weighted by molar-refractivity contribution is -0.121. The maximum Gasteiger partial charge on any atom is 0.274 e. The van der Waals surface area contributed by atoms with Crippen molar-refractivity contribution in [2.24, 2.45) is 0 Å². The van der Waals surface area contributed by atoms with E-state index < -0.39 is 0 Å². The number of hydrogen-bond donors (Lipinski definition) is 2. The summed E-state index contributed by atoms with van der Waals surface area (Å²) in [5, 5.41) is 8.95. The summed E-state index contributed by atoms with van der Waals surface area (Å²) in [5.74, 6) is -0.691. The third-order valence-electron chi connectivity index (χ3n) is 4.32. The fourth-order valence-electron chi connectivity index (χ4n) is 2.92. The number of likely N-dealkylation sites (tertiary alicyclic amines) is 1. The van der Waals surface area contributed by atoms with Crippen molar-refractivity contribution in [3.63, 3.8) is 0 Å². The third kappa shape index (κ3) is 4.53. The normalized spacial score (nSPS) is 14.9. The van der Waals surface area contributed by atoms with Crippen molar-refractivity contribution in [3.05, 3.63) is 63.8 Å². The number of aromatic amines is 1. The number of nitrogens with one attached hydrogen (secondary N) is 2. The van der Waals surface area contributed by atoms with Crippen LogP contribution in [0.4, 0.5) is 4.39 Å². The Morgan fingerprint density at radius 1 is 1.15 bits per heavy atom. The van der Waals surface area contributed by atoms with Crippen molar-refractivity contribution in [1.29, 1.82) is 0 Å². The smallest absolute Gasteiger partial charge is 0.274 e. The number of nitrogens with zero attached hydrogens (tertiary/aromatic N) is 2. The second-order valence-electron chi connectivity index (χ2n) is 6.24. The van der Waals surface area contributed by atoms with Gasteiger partial charge in [0.1, 0.15) is 11.5 Å². The number of rotatable bonds is 4. The molecule has 8 heteroatoms. The average Bonchev–Trinajstić information content (AvgIpc) is 2.64. The Morgan fingerprint density at radius 2 is 1.85 bits per heavy atom. The van der Waals surface area contributed by atoms with Crippen molar-refractivity contribution >= 4 is 11.8 Å². The Labute approximate surface area is 149 Å². The highest BCUT2D eigenvalue weighted by Gasteiger charge is 2.25. The number of benzene rings is 1. The van der Waals surface area contributed by atoms with E-state index >= 15 is 0 Å². The lowest BCUT2D eigenvalue weighted by atomic mass is 10.0. The Bertz CT molecular complexity index is 822. The van der Waals surface area contributed by atoms with E-state index in [0.29, 0.717) is 25.9 Å². The molecule has 1 fully saturated rings. The highest BCUT2D eigenvalue weighted by Crippen LogP contribution is 2.13. The zero-order valence-corrected chi connectivity index (χ0v) is 14.1. The number of hydrogen-bond acceptors (Lipinski definition) is 4. The van der Waals surface area contributed by atoms with Crippen molar-refractivity contribution in [1.82, 2.24) is 20.4 Å². The van der Waals surface area contributed by atoms with Crippen LogP contribution in [0.5, 0.6) is 0 Å². The summed E-state index contributed by atoms with van der Waals surface area (Å²) in [6.07, 6.45) is 1.48. The predicted octanol–water partition coefficient (Wildman–Crippen LogP) is 0.872. The second kappa shape index (κ2) is 7.90. The number of carbonyl (C=O) groups is 2. The van der Waals surface area contributed by atoms with Gasteiger partial charge in [0.25, 0.3) is 11.5 Å². The highest BCUT2D eigenvalue weighted by atomic mass is 19.1. The van der Waals surface area contributed by atoms with Gasteiger partial charge in [-0.05, 0) is 36.6 Å². The van der Waals surface area contributed by atoms with Crippen molar-refractivity contribution < 1.29 is 14.0 Å². The lowest BCUT2D eigenvalue weighted by Crippen LogP contribution is -2.47. The molecule has 0 spiro atoms. The molecule has 136 valence electrons. The molecule has 2 N–H and O–H groups in total. The summed E-state index contributed by atoms with van der Waals surface area (Å²) in [6, 6.07) is 8.51. The number of amides is 2. The van der Waals surface area contributed by atoms with E-state index in [1.807, 2.05) is 0 Å². The van der Waals surface area contributed by atoms with Crippen LogP contribution in [0.15, 0.2) is 41.2 Å². The van der Waals surface area contributed by atoms with Gasteiger partial charge in [-0.25, -0.2) is 9.49 Å². The van der Waals surface area contributed by atoms with Gasteiger partial charge in [-0.15, -0.1) is 0 Å². The Balaban J connectivity index is 1.48. The largest absolute Gasteiger partial charge is 0.353 e. The van der Waals surface area contributed by atoms with Gasteiger partial charge in [0.2, 0.25) is 5.91 Å². The van der Waals surface area contributed by atoms with Crippen LogP contribution >= 0.6 is 0 Å². The summed E-state index contributed by atoms with van der Waals surface area (Å²) in [6.45, 7) is 1.00. The fraction of sp³-hybridized carbons (Fsp3) is 0.333. The SMILES string of the molecule is O=C(Cc1ccc(F)cc1)NC1CCN(C(=O)c2ccc(=O)[nH]n2)CC1. The molecule has 1 aromatic carbocycles. The molecular formula is C18H19FN4O3. The average molecular weight is 358 g/mol. The summed E-state index contributed by atoms with van der Waals surface area (Å²) in [5.41, 5.74) is 0.591. The summed E-state index contributed by atoms with van der Waals surface area (Å²) < 4.78 is 12.9. The molecule has 0 unspecified atom stereocenters. The lowest BCUT2D eigenvalue weighted by Gasteiger charge is -2.32. The Hall–Kier alpha value is -3.03. The van der Waals surface area contributed by atoms with E-state index in [9.17, 15) is 18.8 Å². The minimum absolute atomic E-state index is 0.00413. The van der Waals surface area contributed by atoms with Crippen LogP contribution in [0.1, 0.15) is 28.9 Å². The molecule has 2 aromatic rings. The molecule has 0 bridgehead atoms. The molecule has 1 aliphatic heterocycles. The maximum atomic E-state index is 12.9. The van der Waals surface area contributed by atoms with E-state index in [1.165, 1.54) is 24.3 Å². The molecule has 3 rings (SSSR count). The van der Waals surface area contributed by atoms with Gasteiger partial charge in [0.05, 0.1) is 6.42 Å². The van der Waals surface area contributed by atoms with Gasteiger partial charge >= 0.3 is 0 Å². The zero-order chi connectivity index (χ0) is 18.5. The fourth-order valence-corrected chi connectivity index (χ4v) is 2.92. The summed E-state index contributed by atoms with van der Waals surface area (Å²) in [4.78, 5) is 37.1. The van der Waals surface area contributed by atoms with E-state index in [1.54, 1.807) is 17.0 Å². The second-order valence-corrected chi connectivity index (χ2v) is 6.24. The van der Waals surface area contributed by atoms with Crippen molar-refractivity contribution in [2.75, 3.05) is 13.1 Å². The van der Waals surface area contributed by atoms with Crippen LogP contribution < -0.4 is 10.9 Å². The molecule has 0 atom stereocenters. The molecular weight excluding hydrogens is 339 g/mol. The molecule has 0 radical (unpaired) electrons. The van der Waals surface area contributed by atoms with Gasteiger partial charge in [0.15, 0.2) is 0 Å². The quantitative estimate of drug-likeness (QED) is 0.848. The predicted molar refractivity (Wildman–Crippen MR) is 92.0 cm³/mol. The van der Waals surface area contributed by atoms with Crippen LogP contribution in [0.25, 0.3) is 0 Å². The van der Waals surface area contributed by atoms with E-state index in [-0.39, 0.29) is 41.3 Å². The number of halogens is 1. The molecule has 2 heterocycles. The standard InChI is InChI=1S/C18H19FN4O3/c19-13-3-1-12(2-4-13)11-17(25)20-14-7-9-23(10-8-14)18(26)15-5-6-16(24)22-21-15/h1-6,14H,7-11H2,(H,20,25)(H,22,24). The third-order valence-corrected chi connectivity index (χ3v) is 4.32. The first-order valence-electron chi connectivity index (χ1n) is 8.40. The minimum atomic E-state index is -0.357. The first kappa shape index (κ1) is 17.8. The first-order chi connectivity index (χ1) is 12.5. The van der Waals surface area contributed by atoms with E-state index in [4.69, 9.17) is 0 Å².